The van der Waals surface area contributed by atoms with E-state index >= 15 is 0 Å². The highest BCUT2D eigenvalue weighted by Gasteiger charge is 2.12. The van der Waals surface area contributed by atoms with Crippen LogP contribution in [0.2, 0.25) is 0 Å². The molecular weight excluding hydrogens is 298 g/mol. The van der Waals surface area contributed by atoms with Gasteiger partial charge in [-0.3, -0.25) is 9.67 Å². The van der Waals surface area contributed by atoms with Gasteiger partial charge in [0, 0.05) is 30.1 Å². The van der Waals surface area contributed by atoms with Crippen LogP contribution >= 0.6 is 11.8 Å². The standard InChI is InChI=1S/C15H17N5OS/c1-9-5-16-12(10(2)13(9)21-4)7-22-15-11-6-19-20(3)14(11)17-8-18-15/h5-6,8H,7H2,1-4H3. The third kappa shape index (κ3) is 2.52. The van der Waals surface area contributed by atoms with E-state index in [9.17, 15) is 0 Å². The largest absolute Gasteiger partial charge is 0.496 e. The molecule has 0 bridgehead atoms. The van der Waals surface area contributed by atoms with Crippen LogP contribution in [-0.2, 0) is 12.8 Å². The lowest BCUT2D eigenvalue weighted by Gasteiger charge is -2.11. The second kappa shape index (κ2) is 5.92. The molecule has 22 heavy (non-hydrogen) atoms. The summed E-state index contributed by atoms with van der Waals surface area (Å²) in [5.74, 6) is 1.63. The zero-order valence-corrected chi connectivity index (χ0v) is 13.8. The number of fused-ring (bicyclic) bond motifs is 1. The van der Waals surface area contributed by atoms with E-state index < -0.39 is 0 Å². The molecule has 3 rings (SSSR count). The molecule has 3 aromatic rings. The third-order valence-electron chi connectivity index (χ3n) is 3.59. The van der Waals surface area contributed by atoms with Crippen LogP contribution in [0, 0.1) is 13.8 Å². The molecule has 0 radical (unpaired) electrons. The highest BCUT2D eigenvalue weighted by molar-refractivity contribution is 7.98. The van der Waals surface area contributed by atoms with Crippen molar-refractivity contribution in [1.82, 2.24) is 24.7 Å². The number of thioether (sulfide) groups is 1. The first-order valence-electron chi connectivity index (χ1n) is 6.86. The molecule has 0 saturated carbocycles. The molecule has 0 aliphatic rings. The van der Waals surface area contributed by atoms with Crippen molar-refractivity contribution in [2.75, 3.05) is 7.11 Å². The zero-order chi connectivity index (χ0) is 15.7. The fraction of sp³-hybridized carbons (Fsp3) is 0.333. The van der Waals surface area contributed by atoms with E-state index in [0.29, 0.717) is 0 Å². The van der Waals surface area contributed by atoms with Crippen molar-refractivity contribution in [3.63, 3.8) is 0 Å². The average Bonchev–Trinajstić information content (AvgIpc) is 2.89. The monoisotopic (exact) mass is 315 g/mol. The topological polar surface area (TPSA) is 65.7 Å². The Morgan fingerprint density at radius 1 is 1.18 bits per heavy atom. The Balaban J connectivity index is 1.89. The predicted molar refractivity (Wildman–Crippen MR) is 86.1 cm³/mol. The predicted octanol–water partition coefficient (Wildman–Crippen LogP) is 2.68. The van der Waals surface area contributed by atoms with Crippen LogP contribution < -0.4 is 4.74 Å². The fourth-order valence-corrected chi connectivity index (χ4v) is 3.39. The van der Waals surface area contributed by atoms with E-state index in [-0.39, 0.29) is 0 Å². The van der Waals surface area contributed by atoms with Crippen LogP contribution in [0.3, 0.4) is 0 Å². The number of pyridine rings is 1. The summed E-state index contributed by atoms with van der Waals surface area (Å²) in [6.07, 6.45) is 5.22. The minimum atomic E-state index is 0.726. The summed E-state index contributed by atoms with van der Waals surface area (Å²) in [5, 5.41) is 6.11. The van der Waals surface area contributed by atoms with Crippen LogP contribution in [-0.4, -0.2) is 31.8 Å². The van der Waals surface area contributed by atoms with Gasteiger partial charge in [-0.25, -0.2) is 9.97 Å². The van der Waals surface area contributed by atoms with E-state index in [1.807, 2.05) is 27.1 Å². The number of rotatable bonds is 4. The van der Waals surface area contributed by atoms with Crippen molar-refractivity contribution in [3.05, 3.63) is 35.5 Å². The number of nitrogens with zero attached hydrogens (tertiary/aromatic N) is 5. The molecule has 0 unspecified atom stereocenters. The number of ether oxygens (including phenoxy) is 1. The van der Waals surface area contributed by atoms with Gasteiger partial charge in [-0.05, 0) is 13.8 Å². The highest BCUT2D eigenvalue weighted by Crippen LogP contribution is 2.30. The van der Waals surface area contributed by atoms with Gasteiger partial charge in [0.2, 0.25) is 0 Å². The summed E-state index contributed by atoms with van der Waals surface area (Å²) in [7, 11) is 3.57. The van der Waals surface area contributed by atoms with Crippen molar-refractivity contribution in [2.24, 2.45) is 7.05 Å². The number of hydrogen-bond acceptors (Lipinski definition) is 6. The van der Waals surface area contributed by atoms with Crippen molar-refractivity contribution >= 4 is 22.8 Å². The second-order valence-corrected chi connectivity index (χ2v) is 5.98. The zero-order valence-electron chi connectivity index (χ0n) is 13.0. The molecule has 0 fully saturated rings. The molecule has 3 aromatic heterocycles. The Hall–Kier alpha value is -2.15. The van der Waals surface area contributed by atoms with Gasteiger partial charge in [0.15, 0.2) is 5.65 Å². The van der Waals surface area contributed by atoms with E-state index in [1.165, 1.54) is 0 Å². The van der Waals surface area contributed by atoms with Gasteiger partial charge in [0.05, 0.1) is 24.4 Å². The maximum absolute atomic E-state index is 5.45. The lowest BCUT2D eigenvalue weighted by molar-refractivity contribution is 0.407. The Bertz CT molecular complexity index is 830. The Labute approximate surface area is 132 Å². The van der Waals surface area contributed by atoms with Crippen LogP contribution in [0.5, 0.6) is 5.75 Å². The molecule has 0 saturated heterocycles. The first-order valence-corrected chi connectivity index (χ1v) is 7.85. The van der Waals surface area contributed by atoms with Gasteiger partial charge in [0.25, 0.3) is 0 Å². The van der Waals surface area contributed by atoms with Gasteiger partial charge in [-0.1, -0.05) is 11.8 Å². The molecule has 0 spiro atoms. The summed E-state index contributed by atoms with van der Waals surface area (Å²) >= 11 is 1.63. The van der Waals surface area contributed by atoms with Crippen LogP contribution in [0.4, 0.5) is 0 Å². The van der Waals surface area contributed by atoms with E-state index in [1.54, 1.807) is 36.1 Å². The molecule has 3 heterocycles. The number of hydrogen-bond donors (Lipinski definition) is 0. The molecule has 0 N–H and O–H groups in total. The Morgan fingerprint density at radius 2 is 2.00 bits per heavy atom. The lowest BCUT2D eigenvalue weighted by Crippen LogP contribution is -1.99. The molecule has 6 nitrogen and oxygen atoms in total. The van der Waals surface area contributed by atoms with E-state index in [4.69, 9.17) is 4.74 Å². The van der Waals surface area contributed by atoms with E-state index in [2.05, 4.69) is 20.1 Å². The molecule has 0 aromatic carbocycles. The minimum absolute atomic E-state index is 0.726. The summed E-state index contributed by atoms with van der Waals surface area (Å²) in [6.45, 7) is 4.04. The Morgan fingerprint density at radius 3 is 2.77 bits per heavy atom. The highest BCUT2D eigenvalue weighted by atomic mass is 32.2. The SMILES string of the molecule is COc1c(C)cnc(CSc2ncnc3c2cnn3C)c1C. The van der Waals surface area contributed by atoms with Crippen molar-refractivity contribution in [3.8, 4) is 5.75 Å². The summed E-state index contributed by atoms with van der Waals surface area (Å²) in [6, 6.07) is 0. The second-order valence-electron chi connectivity index (χ2n) is 5.02. The van der Waals surface area contributed by atoms with Crippen LogP contribution in [0.25, 0.3) is 11.0 Å². The number of methoxy groups -OCH3 is 1. The molecule has 7 heteroatoms. The summed E-state index contributed by atoms with van der Waals surface area (Å²) in [5.41, 5.74) is 3.96. The van der Waals surface area contributed by atoms with Crippen LogP contribution in [0.1, 0.15) is 16.8 Å². The van der Waals surface area contributed by atoms with Gasteiger partial charge in [0.1, 0.15) is 17.1 Å². The maximum Gasteiger partial charge on any atom is 0.162 e. The average molecular weight is 315 g/mol. The fourth-order valence-electron chi connectivity index (χ4n) is 2.41. The first kappa shape index (κ1) is 14.8. The number of aryl methyl sites for hydroxylation is 2. The molecular formula is C15H17N5OS. The molecule has 0 atom stereocenters. The van der Waals surface area contributed by atoms with Gasteiger partial charge in [-0.2, -0.15) is 5.10 Å². The molecule has 114 valence electrons. The third-order valence-corrected chi connectivity index (χ3v) is 4.60. The van der Waals surface area contributed by atoms with E-state index in [0.717, 1.165) is 44.4 Å². The quantitative estimate of drug-likeness (QED) is 0.545. The minimum Gasteiger partial charge on any atom is -0.496 e. The number of aromatic nitrogens is 5. The lowest BCUT2D eigenvalue weighted by atomic mass is 10.1. The smallest absolute Gasteiger partial charge is 0.162 e. The van der Waals surface area contributed by atoms with Gasteiger partial charge >= 0.3 is 0 Å². The molecule has 0 amide bonds. The summed E-state index contributed by atoms with van der Waals surface area (Å²) in [4.78, 5) is 13.1. The molecule has 0 aliphatic carbocycles. The maximum atomic E-state index is 5.45. The van der Waals surface area contributed by atoms with Crippen LogP contribution in [0.15, 0.2) is 23.7 Å². The Kier molecular flexibility index (Phi) is 3.98. The summed E-state index contributed by atoms with van der Waals surface area (Å²) < 4.78 is 7.20. The van der Waals surface area contributed by atoms with Crippen molar-refractivity contribution < 1.29 is 4.74 Å². The van der Waals surface area contributed by atoms with Gasteiger partial charge < -0.3 is 4.74 Å². The molecule has 0 aliphatic heterocycles. The van der Waals surface area contributed by atoms with Gasteiger partial charge in [-0.15, -0.1) is 0 Å². The normalized spacial score (nSPS) is 11.1. The van der Waals surface area contributed by atoms with Crippen molar-refractivity contribution in [2.45, 2.75) is 24.6 Å². The first-order chi connectivity index (χ1) is 10.6. The van der Waals surface area contributed by atoms with Crippen molar-refractivity contribution in [1.29, 1.82) is 0 Å².